The molecule has 3 heterocycles. The zero-order valence-electron chi connectivity index (χ0n) is 10.2. The first-order valence-electron chi connectivity index (χ1n) is 5.90. The van der Waals surface area contributed by atoms with E-state index in [-0.39, 0.29) is 0 Å². The molecule has 1 aliphatic rings. The molecule has 0 saturated carbocycles. The average Bonchev–Trinajstić information content (AvgIpc) is 3.03. The Morgan fingerprint density at radius 1 is 1.28 bits per heavy atom. The zero-order chi connectivity index (χ0) is 12.4. The number of nitrogens with zero attached hydrogens (tertiary/aromatic N) is 7. The molecule has 0 atom stereocenters. The van der Waals surface area contributed by atoms with E-state index < -0.39 is 0 Å². The molecule has 8 heteroatoms. The van der Waals surface area contributed by atoms with Crippen LogP contribution < -0.4 is 4.90 Å². The molecule has 0 radical (unpaired) electrons. The van der Waals surface area contributed by atoms with Gasteiger partial charge in [0, 0.05) is 33.2 Å². The molecular weight excluding hydrogens is 250 g/mol. The normalized spacial score (nSPS) is 17.3. The summed E-state index contributed by atoms with van der Waals surface area (Å²) in [5.74, 6) is 2.01. The predicted octanol–water partition coefficient (Wildman–Crippen LogP) is -0.0112. The van der Waals surface area contributed by atoms with Crippen LogP contribution in [0.25, 0.3) is 0 Å². The van der Waals surface area contributed by atoms with Crippen molar-refractivity contribution < 1.29 is 0 Å². The molecule has 7 nitrogen and oxygen atoms in total. The van der Waals surface area contributed by atoms with Gasteiger partial charge >= 0.3 is 0 Å². The summed E-state index contributed by atoms with van der Waals surface area (Å²) in [6.07, 6.45) is 3.44. The lowest BCUT2D eigenvalue weighted by atomic mass is 10.3. The molecule has 0 N–H and O–H groups in total. The largest absolute Gasteiger partial charge is 0.352 e. The number of anilines is 1. The van der Waals surface area contributed by atoms with Gasteiger partial charge in [0.25, 0.3) is 0 Å². The van der Waals surface area contributed by atoms with Gasteiger partial charge in [-0.15, -0.1) is 0 Å². The summed E-state index contributed by atoms with van der Waals surface area (Å²) < 4.78 is 10.1. The van der Waals surface area contributed by atoms with Crippen molar-refractivity contribution in [2.75, 3.05) is 31.1 Å². The number of piperazine rings is 1. The van der Waals surface area contributed by atoms with Gasteiger partial charge in [0.15, 0.2) is 5.82 Å². The zero-order valence-corrected chi connectivity index (χ0v) is 11.0. The van der Waals surface area contributed by atoms with Crippen molar-refractivity contribution in [2.45, 2.75) is 6.54 Å². The molecule has 1 aliphatic heterocycles. The lowest BCUT2D eigenvalue weighted by molar-refractivity contribution is 0.240. The fraction of sp³-hybridized carbons (Fsp3) is 0.600. The van der Waals surface area contributed by atoms with E-state index in [0.29, 0.717) is 0 Å². The highest BCUT2D eigenvalue weighted by atomic mass is 32.1. The standard InChI is InChI=1S/C10H15N7S/c1-15-10(11-8-12-15)7-16-2-4-17(5-3-16)9-6-13-18-14-9/h6,8H,2-5,7H2,1H3. The van der Waals surface area contributed by atoms with E-state index in [0.717, 1.165) is 44.4 Å². The maximum atomic E-state index is 4.27. The third-order valence-corrected chi connectivity index (χ3v) is 3.68. The molecule has 2 aromatic heterocycles. The number of rotatable bonds is 3. The fourth-order valence-electron chi connectivity index (χ4n) is 2.10. The first kappa shape index (κ1) is 11.5. The number of aromatic nitrogens is 5. The van der Waals surface area contributed by atoms with Crippen molar-refractivity contribution in [1.29, 1.82) is 0 Å². The van der Waals surface area contributed by atoms with Crippen molar-refractivity contribution in [2.24, 2.45) is 7.05 Å². The molecule has 0 bridgehead atoms. The van der Waals surface area contributed by atoms with Crippen LogP contribution in [0.3, 0.4) is 0 Å². The van der Waals surface area contributed by atoms with Gasteiger partial charge in [0.1, 0.15) is 12.2 Å². The number of hydrogen-bond donors (Lipinski definition) is 0. The fourth-order valence-corrected chi connectivity index (χ4v) is 2.53. The van der Waals surface area contributed by atoms with Crippen molar-refractivity contribution in [3.8, 4) is 0 Å². The van der Waals surface area contributed by atoms with E-state index in [9.17, 15) is 0 Å². The lowest BCUT2D eigenvalue weighted by Crippen LogP contribution is -2.46. The molecule has 0 unspecified atom stereocenters. The van der Waals surface area contributed by atoms with E-state index in [1.165, 1.54) is 11.7 Å². The van der Waals surface area contributed by atoms with Crippen molar-refractivity contribution in [1.82, 2.24) is 28.4 Å². The Balaban J connectivity index is 1.56. The van der Waals surface area contributed by atoms with Crippen LogP contribution in [0.4, 0.5) is 5.82 Å². The Kier molecular flexibility index (Phi) is 3.20. The summed E-state index contributed by atoms with van der Waals surface area (Å²) in [6.45, 7) is 4.88. The highest BCUT2D eigenvalue weighted by molar-refractivity contribution is 6.99. The Hall–Kier alpha value is -1.54. The van der Waals surface area contributed by atoms with E-state index in [4.69, 9.17) is 0 Å². The van der Waals surface area contributed by atoms with Crippen LogP contribution >= 0.6 is 11.7 Å². The average molecular weight is 265 g/mol. The molecule has 0 aliphatic carbocycles. The molecule has 2 aromatic rings. The van der Waals surface area contributed by atoms with Gasteiger partial charge in [0.05, 0.1) is 24.5 Å². The highest BCUT2D eigenvalue weighted by Gasteiger charge is 2.19. The highest BCUT2D eigenvalue weighted by Crippen LogP contribution is 2.14. The Bertz CT molecular complexity index is 486. The molecule has 0 aromatic carbocycles. The second-order valence-electron chi connectivity index (χ2n) is 4.33. The van der Waals surface area contributed by atoms with Gasteiger partial charge in [-0.3, -0.25) is 9.58 Å². The minimum atomic E-state index is 0.861. The smallest absolute Gasteiger partial charge is 0.162 e. The summed E-state index contributed by atoms with van der Waals surface area (Å²) in [5.41, 5.74) is 0. The van der Waals surface area contributed by atoms with Crippen LogP contribution in [-0.4, -0.2) is 54.6 Å². The molecular formula is C10H15N7S. The minimum Gasteiger partial charge on any atom is -0.352 e. The van der Waals surface area contributed by atoms with Gasteiger partial charge in [0.2, 0.25) is 0 Å². The predicted molar refractivity (Wildman–Crippen MR) is 68.4 cm³/mol. The Morgan fingerprint density at radius 3 is 2.72 bits per heavy atom. The number of aryl methyl sites for hydroxylation is 1. The second-order valence-corrected chi connectivity index (χ2v) is 4.89. The van der Waals surface area contributed by atoms with Crippen LogP contribution in [0.1, 0.15) is 5.82 Å². The second kappa shape index (κ2) is 4.99. The quantitative estimate of drug-likeness (QED) is 0.778. The molecule has 18 heavy (non-hydrogen) atoms. The van der Waals surface area contributed by atoms with Crippen LogP contribution in [0, 0.1) is 0 Å². The molecule has 0 spiro atoms. The van der Waals surface area contributed by atoms with E-state index in [2.05, 4.69) is 28.6 Å². The van der Waals surface area contributed by atoms with Crippen molar-refractivity contribution in [3.63, 3.8) is 0 Å². The van der Waals surface area contributed by atoms with Crippen molar-refractivity contribution >= 4 is 17.5 Å². The molecule has 3 rings (SSSR count). The van der Waals surface area contributed by atoms with Gasteiger partial charge < -0.3 is 4.90 Å². The lowest BCUT2D eigenvalue weighted by Gasteiger charge is -2.34. The third-order valence-electron chi connectivity index (χ3n) is 3.22. The first-order chi connectivity index (χ1) is 8.83. The Morgan fingerprint density at radius 2 is 2.11 bits per heavy atom. The van der Waals surface area contributed by atoms with Crippen LogP contribution in [-0.2, 0) is 13.6 Å². The summed E-state index contributed by atoms with van der Waals surface area (Å²) >= 11 is 1.26. The van der Waals surface area contributed by atoms with Crippen LogP contribution in [0.15, 0.2) is 12.5 Å². The third kappa shape index (κ3) is 2.34. The summed E-state index contributed by atoms with van der Waals surface area (Å²) in [5, 5.41) is 4.09. The first-order valence-corrected chi connectivity index (χ1v) is 6.64. The number of hydrogen-bond acceptors (Lipinski definition) is 7. The molecule has 1 saturated heterocycles. The summed E-state index contributed by atoms with van der Waals surface area (Å²) in [6, 6.07) is 0. The van der Waals surface area contributed by atoms with E-state index in [1.807, 2.05) is 17.9 Å². The minimum absolute atomic E-state index is 0.861. The van der Waals surface area contributed by atoms with Crippen molar-refractivity contribution in [3.05, 3.63) is 18.3 Å². The maximum absolute atomic E-state index is 4.27. The molecule has 96 valence electrons. The van der Waals surface area contributed by atoms with E-state index in [1.54, 1.807) is 6.33 Å². The molecule has 1 fully saturated rings. The molecule has 0 amide bonds. The topological polar surface area (TPSA) is 63.0 Å². The van der Waals surface area contributed by atoms with E-state index >= 15 is 0 Å². The maximum Gasteiger partial charge on any atom is 0.162 e. The summed E-state index contributed by atoms with van der Waals surface area (Å²) in [4.78, 5) is 8.92. The Labute approximate surface area is 109 Å². The van der Waals surface area contributed by atoms with Crippen LogP contribution in [0.5, 0.6) is 0 Å². The van der Waals surface area contributed by atoms with Gasteiger partial charge in [-0.2, -0.15) is 13.8 Å². The van der Waals surface area contributed by atoms with Gasteiger partial charge in [-0.1, -0.05) is 0 Å². The van der Waals surface area contributed by atoms with Crippen LogP contribution in [0.2, 0.25) is 0 Å². The van der Waals surface area contributed by atoms with Gasteiger partial charge in [-0.25, -0.2) is 4.98 Å². The van der Waals surface area contributed by atoms with Gasteiger partial charge in [-0.05, 0) is 0 Å². The monoisotopic (exact) mass is 265 g/mol. The SMILES string of the molecule is Cn1ncnc1CN1CCN(c2cnsn2)CC1. The summed E-state index contributed by atoms with van der Waals surface area (Å²) in [7, 11) is 1.93.